The highest BCUT2D eigenvalue weighted by Crippen LogP contribution is 2.29. The Kier molecular flexibility index (Phi) is 4.31. The lowest BCUT2D eigenvalue weighted by Crippen LogP contribution is -2.27. The molecule has 1 saturated heterocycles. The lowest BCUT2D eigenvalue weighted by molar-refractivity contribution is -0.115. The van der Waals surface area contributed by atoms with Gasteiger partial charge in [-0.2, -0.15) is 0 Å². The van der Waals surface area contributed by atoms with Crippen molar-refractivity contribution in [2.24, 2.45) is 0 Å². The molecule has 0 radical (unpaired) electrons. The number of carbonyl (C=O) groups is 2. The van der Waals surface area contributed by atoms with Gasteiger partial charge in [-0.25, -0.2) is 4.79 Å². The number of aromatic carboxylic acids is 1. The number of hydrogen-bond acceptors (Lipinski definition) is 4. The molecule has 19 heavy (non-hydrogen) atoms. The third kappa shape index (κ3) is 3.41. The van der Waals surface area contributed by atoms with E-state index >= 15 is 0 Å². The van der Waals surface area contributed by atoms with Crippen molar-refractivity contribution < 1.29 is 19.8 Å². The number of phenolic OH excluding ortho intramolecular Hbond substituents is 1. The summed E-state index contributed by atoms with van der Waals surface area (Å²) in [7, 11) is 0. The average molecular weight is 281 g/mol. The number of rotatable bonds is 3. The van der Waals surface area contributed by atoms with Gasteiger partial charge >= 0.3 is 5.97 Å². The van der Waals surface area contributed by atoms with Gasteiger partial charge in [0.2, 0.25) is 5.91 Å². The third-order valence-electron chi connectivity index (χ3n) is 2.97. The zero-order valence-corrected chi connectivity index (χ0v) is 11.1. The summed E-state index contributed by atoms with van der Waals surface area (Å²) in [6, 6.07) is 3.89. The molecular weight excluding hydrogens is 266 g/mol. The second-order valence-corrected chi connectivity index (χ2v) is 5.69. The van der Waals surface area contributed by atoms with Crippen LogP contribution < -0.4 is 5.32 Å². The molecule has 1 heterocycles. The van der Waals surface area contributed by atoms with E-state index in [2.05, 4.69) is 5.32 Å². The Morgan fingerprint density at radius 3 is 2.68 bits per heavy atom. The summed E-state index contributed by atoms with van der Waals surface area (Å²) in [5.41, 5.74) is 0.240. The van der Waals surface area contributed by atoms with Gasteiger partial charge in [0.25, 0.3) is 0 Å². The second-order valence-electron chi connectivity index (χ2n) is 4.38. The Morgan fingerprint density at radius 1 is 1.32 bits per heavy atom. The number of carboxylic acids is 1. The van der Waals surface area contributed by atoms with Crippen LogP contribution in [0.1, 0.15) is 29.6 Å². The van der Waals surface area contributed by atoms with Crippen molar-refractivity contribution in [2.45, 2.75) is 24.5 Å². The van der Waals surface area contributed by atoms with E-state index in [-0.39, 0.29) is 28.2 Å². The van der Waals surface area contributed by atoms with Crippen LogP contribution >= 0.6 is 11.8 Å². The van der Waals surface area contributed by atoms with E-state index in [1.165, 1.54) is 12.1 Å². The van der Waals surface area contributed by atoms with Crippen molar-refractivity contribution >= 4 is 29.3 Å². The van der Waals surface area contributed by atoms with E-state index in [9.17, 15) is 14.7 Å². The van der Waals surface area contributed by atoms with Crippen LogP contribution in [0.4, 0.5) is 5.69 Å². The highest BCUT2D eigenvalue weighted by Gasteiger charge is 2.22. The normalized spacial score (nSPS) is 18.8. The first-order valence-corrected chi connectivity index (χ1v) is 7.11. The Balaban J connectivity index is 2.06. The van der Waals surface area contributed by atoms with Crippen molar-refractivity contribution in [3.8, 4) is 5.75 Å². The molecule has 1 aliphatic rings. The molecule has 1 unspecified atom stereocenters. The molecule has 0 spiro atoms. The van der Waals surface area contributed by atoms with E-state index in [4.69, 9.17) is 5.11 Å². The zero-order valence-electron chi connectivity index (χ0n) is 10.3. The molecule has 5 nitrogen and oxygen atoms in total. The quantitative estimate of drug-likeness (QED) is 0.740. The van der Waals surface area contributed by atoms with Gasteiger partial charge in [0.05, 0.1) is 16.5 Å². The van der Waals surface area contributed by atoms with Gasteiger partial charge in [0, 0.05) is 0 Å². The molecule has 0 aromatic heterocycles. The van der Waals surface area contributed by atoms with Crippen LogP contribution in [0.5, 0.6) is 5.75 Å². The highest BCUT2D eigenvalue weighted by molar-refractivity contribution is 8.00. The minimum Gasteiger partial charge on any atom is -0.506 e. The molecule has 1 atom stereocenters. The molecule has 102 valence electrons. The fourth-order valence-electron chi connectivity index (χ4n) is 1.93. The number of amides is 1. The van der Waals surface area contributed by atoms with Crippen LogP contribution in [0.2, 0.25) is 0 Å². The van der Waals surface area contributed by atoms with Crippen molar-refractivity contribution in [3.05, 3.63) is 23.8 Å². The summed E-state index contributed by atoms with van der Waals surface area (Å²) >= 11 is 1.62. The van der Waals surface area contributed by atoms with Gasteiger partial charge in [-0.05, 0) is 36.8 Å². The van der Waals surface area contributed by atoms with E-state index < -0.39 is 5.97 Å². The van der Waals surface area contributed by atoms with Gasteiger partial charge in [-0.15, -0.1) is 11.8 Å². The first-order chi connectivity index (χ1) is 9.08. The van der Waals surface area contributed by atoms with Crippen LogP contribution in [0.15, 0.2) is 18.2 Å². The van der Waals surface area contributed by atoms with Gasteiger partial charge in [-0.1, -0.05) is 6.42 Å². The van der Waals surface area contributed by atoms with Gasteiger partial charge < -0.3 is 15.5 Å². The first-order valence-electron chi connectivity index (χ1n) is 6.06. The van der Waals surface area contributed by atoms with E-state index in [1.54, 1.807) is 11.8 Å². The van der Waals surface area contributed by atoms with Crippen LogP contribution in [0.3, 0.4) is 0 Å². The maximum Gasteiger partial charge on any atom is 0.335 e. The lowest BCUT2D eigenvalue weighted by atomic mass is 10.1. The molecule has 3 N–H and O–H groups in total. The molecular formula is C13H15NO4S. The number of aromatic hydroxyl groups is 1. The Morgan fingerprint density at radius 2 is 2.11 bits per heavy atom. The van der Waals surface area contributed by atoms with Crippen LogP contribution in [0.25, 0.3) is 0 Å². The second kappa shape index (κ2) is 5.97. The Labute approximate surface area is 115 Å². The number of benzene rings is 1. The number of hydrogen-bond donors (Lipinski definition) is 3. The summed E-state index contributed by atoms with van der Waals surface area (Å²) in [4.78, 5) is 22.7. The molecule has 1 aliphatic heterocycles. The molecule has 1 fully saturated rings. The summed E-state index contributed by atoms with van der Waals surface area (Å²) in [5, 5.41) is 21.0. The number of phenols is 1. The standard InChI is InChI=1S/C13H15NO4S/c15-10-7-8(13(17)18)4-5-9(10)14-12(16)11-3-1-2-6-19-11/h4-5,7,11,15H,1-3,6H2,(H,14,16)(H,17,18). The third-order valence-corrected chi connectivity index (χ3v) is 4.35. The molecule has 2 rings (SSSR count). The van der Waals surface area contributed by atoms with E-state index in [0.29, 0.717) is 0 Å². The van der Waals surface area contributed by atoms with Gasteiger partial charge in [-0.3, -0.25) is 4.79 Å². The molecule has 1 aromatic carbocycles. The van der Waals surface area contributed by atoms with E-state index in [0.717, 1.165) is 31.1 Å². The van der Waals surface area contributed by atoms with E-state index in [1.807, 2.05) is 0 Å². The number of carboxylic acid groups (broad SMARTS) is 1. The highest BCUT2D eigenvalue weighted by atomic mass is 32.2. The molecule has 6 heteroatoms. The zero-order chi connectivity index (χ0) is 13.8. The number of nitrogens with one attached hydrogen (secondary N) is 1. The summed E-state index contributed by atoms with van der Waals surface area (Å²) < 4.78 is 0. The van der Waals surface area contributed by atoms with Crippen molar-refractivity contribution in [2.75, 3.05) is 11.1 Å². The molecule has 1 amide bonds. The minimum atomic E-state index is -1.11. The maximum atomic E-state index is 12.0. The van der Waals surface area contributed by atoms with Crippen molar-refractivity contribution in [3.63, 3.8) is 0 Å². The van der Waals surface area contributed by atoms with Crippen molar-refractivity contribution in [1.82, 2.24) is 0 Å². The predicted molar refractivity (Wildman–Crippen MR) is 73.8 cm³/mol. The first kappa shape index (κ1) is 13.7. The SMILES string of the molecule is O=C(O)c1ccc(NC(=O)C2CCCCS2)c(O)c1. The van der Waals surface area contributed by atoms with Crippen LogP contribution in [0, 0.1) is 0 Å². The number of anilines is 1. The summed E-state index contributed by atoms with van der Waals surface area (Å²) in [6.45, 7) is 0. The maximum absolute atomic E-state index is 12.0. The molecule has 1 aromatic rings. The molecule has 0 saturated carbocycles. The van der Waals surface area contributed by atoms with Crippen LogP contribution in [-0.2, 0) is 4.79 Å². The number of carbonyl (C=O) groups excluding carboxylic acids is 1. The fourth-order valence-corrected chi connectivity index (χ4v) is 3.13. The summed E-state index contributed by atoms with van der Waals surface area (Å²) in [5.74, 6) is -0.504. The van der Waals surface area contributed by atoms with Gasteiger partial charge in [0.15, 0.2) is 0 Å². The fraction of sp³-hybridized carbons (Fsp3) is 0.385. The van der Waals surface area contributed by atoms with Gasteiger partial charge in [0.1, 0.15) is 5.75 Å². The summed E-state index contributed by atoms with van der Waals surface area (Å²) in [6.07, 6.45) is 3.01. The van der Waals surface area contributed by atoms with Crippen LogP contribution in [-0.4, -0.2) is 33.1 Å². The van der Waals surface area contributed by atoms with Crippen molar-refractivity contribution in [1.29, 1.82) is 0 Å². The molecule has 0 bridgehead atoms. The Hall–Kier alpha value is -1.69. The lowest BCUT2D eigenvalue weighted by Gasteiger charge is -2.20. The smallest absolute Gasteiger partial charge is 0.335 e. The largest absolute Gasteiger partial charge is 0.506 e. The Bertz CT molecular complexity index is 497. The minimum absolute atomic E-state index is 0.0115. The average Bonchev–Trinajstić information content (AvgIpc) is 2.41. The predicted octanol–water partition coefficient (Wildman–Crippen LogP) is 2.31. The topological polar surface area (TPSA) is 86.6 Å². The molecule has 0 aliphatic carbocycles. The monoisotopic (exact) mass is 281 g/mol. The number of thioether (sulfide) groups is 1.